The van der Waals surface area contributed by atoms with E-state index in [-0.39, 0.29) is 11.9 Å². The van der Waals surface area contributed by atoms with Gasteiger partial charge in [0.15, 0.2) is 0 Å². The van der Waals surface area contributed by atoms with Gasteiger partial charge < -0.3 is 20.9 Å². The molecule has 0 radical (unpaired) electrons. The van der Waals surface area contributed by atoms with E-state index in [4.69, 9.17) is 11.6 Å². The van der Waals surface area contributed by atoms with Crippen LogP contribution < -0.4 is 20.9 Å². The number of carbonyl (C=O) groups excluding carboxylic acids is 2. The van der Waals surface area contributed by atoms with Gasteiger partial charge in [-0.1, -0.05) is 29.8 Å². The maximum absolute atomic E-state index is 13.1. The second kappa shape index (κ2) is 7.94. The molecule has 28 heavy (non-hydrogen) atoms. The third-order valence-corrected chi connectivity index (χ3v) is 5.18. The van der Waals surface area contributed by atoms with Crippen LogP contribution in [0.1, 0.15) is 24.1 Å². The highest BCUT2D eigenvalue weighted by molar-refractivity contribution is 6.31. The minimum absolute atomic E-state index is 0.294. The molecule has 0 saturated carbocycles. The smallest absolute Gasteiger partial charge is 0.319 e. The fourth-order valence-electron chi connectivity index (χ4n) is 3.14. The molecule has 0 fully saturated rings. The summed E-state index contributed by atoms with van der Waals surface area (Å²) in [6.07, 6.45) is 0. The lowest BCUT2D eigenvalue weighted by atomic mass is 9.94. The number of hydrogen-bond donors (Lipinski definition) is 3. The molecule has 0 aromatic heterocycles. The van der Waals surface area contributed by atoms with Crippen LogP contribution in [0.25, 0.3) is 0 Å². The summed E-state index contributed by atoms with van der Waals surface area (Å²) >= 11 is 6.16. The van der Waals surface area contributed by atoms with Crippen molar-refractivity contribution in [2.45, 2.75) is 19.9 Å². The number of rotatable bonds is 4. The quantitative estimate of drug-likeness (QED) is 0.729. The average Bonchev–Trinajstić information content (AvgIpc) is 2.64. The SMILES string of the molecule is CC1=C(C(=O)Nc2cccc(Cl)c2C)[C@@H](c2ccc(N(C)C)cc2)NC(=O)N1. The Morgan fingerprint density at radius 1 is 1.11 bits per heavy atom. The van der Waals surface area contributed by atoms with Crippen molar-refractivity contribution in [3.05, 3.63) is 69.9 Å². The molecule has 0 saturated heterocycles. The predicted molar refractivity (Wildman–Crippen MR) is 113 cm³/mol. The van der Waals surface area contributed by atoms with Crippen LogP contribution in [0.2, 0.25) is 5.02 Å². The van der Waals surface area contributed by atoms with Gasteiger partial charge >= 0.3 is 6.03 Å². The van der Waals surface area contributed by atoms with Gasteiger partial charge in [0.25, 0.3) is 5.91 Å². The summed E-state index contributed by atoms with van der Waals surface area (Å²) in [6, 6.07) is 12.2. The summed E-state index contributed by atoms with van der Waals surface area (Å²) in [5, 5.41) is 9.02. The van der Waals surface area contributed by atoms with Gasteiger partial charge in [0.1, 0.15) is 0 Å². The molecule has 1 heterocycles. The first-order valence-corrected chi connectivity index (χ1v) is 9.27. The van der Waals surface area contributed by atoms with Crippen LogP contribution >= 0.6 is 11.6 Å². The van der Waals surface area contributed by atoms with Crippen molar-refractivity contribution >= 4 is 34.9 Å². The third-order valence-electron chi connectivity index (χ3n) is 4.77. The maximum atomic E-state index is 13.1. The Bertz CT molecular complexity index is 951. The first-order chi connectivity index (χ1) is 13.3. The fraction of sp³-hybridized carbons (Fsp3) is 0.238. The molecule has 3 rings (SSSR count). The van der Waals surface area contributed by atoms with Crippen LogP contribution in [0, 0.1) is 6.92 Å². The summed E-state index contributed by atoms with van der Waals surface area (Å²) < 4.78 is 0. The molecule has 0 spiro atoms. The Labute approximate surface area is 169 Å². The molecule has 3 amide bonds. The van der Waals surface area contributed by atoms with E-state index in [0.717, 1.165) is 16.8 Å². The number of carbonyl (C=O) groups is 2. The molecular weight excluding hydrogens is 376 g/mol. The Morgan fingerprint density at radius 3 is 2.43 bits per heavy atom. The lowest BCUT2D eigenvalue weighted by Gasteiger charge is -2.29. The largest absolute Gasteiger partial charge is 0.378 e. The number of urea groups is 1. The van der Waals surface area contributed by atoms with E-state index < -0.39 is 6.04 Å². The van der Waals surface area contributed by atoms with Crippen LogP contribution in [-0.4, -0.2) is 26.0 Å². The molecule has 1 aliphatic rings. The van der Waals surface area contributed by atoms with Crippen molar-refractivity contribution in [2.75, 3.05) is 24.3 Å². The van der Waals surface area contributed by atoms with Gasteiger partial charge in [-0.3, -0.25) is 4.79 Å². The molecule has 0 aliphatic carbocycles. The van der Waals surface area contributed by atoms with Crippen molar-refractivity contribution in [2.24, 2.45) is 0 Å². The van der Waals surface area contributed by atoms with E-state index in [0.29, 0.717) is 22.0 Å². The number of benzene rings is 2. The number of nitrogens with one attached hydrogen (secondary N) is 3. The topological polar surface area (TPSA) is 73.5 Å². The highest BCUT2D eigenvalue weighted by atomic mass is 35.5. The summed E-state index contributed by atoms with van der Waals surface area (Å²) in [6.45, 7) is 3.57. The molecule has 1 aliphatic heterocycles. The van der Waals surface area contributed by atoms with E-state index in [1.807, 2.05) is 50.2 Å². The molecular formula is C21H23ClN4O2. The minimum Gasteiger partial charge on any atom is -0.378 e. The molecule has 0 unspecified atom stereocenters. The number of amides is 3. The highest BCUT2D eigenvalue weighted by Gasteiger charge is 2.31. The standard InChI is InChI=1S/C21H23ClN4O2/c1-12-16(22)6-5-7-17(12)24-20(27)18-13(2)23-21(28)25-19(18)14-8-10-15(11-9-14)26(3)4/h5-11,19H,1-4H3,(H,24,27)(H2,23,25,28)/t19-/m1/s1. The number of anilines is 2. The van der Waals surface area contributed by atoms with Gasteiger partial charge in [0.05, 0.1) is 11.6 Å². The fourth-order valence-corrected chi connectivity index (χ4v) is 3.32. The summed E-state index contributed by atoms with van der Waals surface area (Å²) in [7, 11) is 3.91. The molecule has 1 atom stereocenters. The van der Waals surface area contributed by atoms with Crippen molar-refractivity contribution in [1.82, 2.24) is 10.6 Å². The van der Waals surface area contributed by atoms with Gasteiger partial charge in [-0.2, -0.15) is 0 Å². The molecule has 146 valence electrons. The molecule has 2 aromatic rings. The number of halogens is 1. The van der Waals surface area contributed by atoms with Gasteiger partial charge in [-0.05, 0) is 49.2 Å². The zero-order valence-electron chi connectivity index (χ0n) is 16.3. The number of hydrogen-bond acceptors (Lipinski definition) is 3. The molecule has 7 heteroatoms. The van der Waals surface area contributed by atoms with Crippen LogP contribution in [-0.2, 0) is 4.79 Å². The van der Waals surface area contributed by atoms with E-state index in [9.17, 15) is 9.59 Å². The van der Waals surface area contributed by atoms with Crippen molar-refractivity contribution < 1.29 is 9.59 Å². The van der Waals surface area contributed by atoms with Crippen molar-refractivity contribution in [3.8, 4) is 0 Å². The Morgan fingerprint density at radius 2 is 1.79 bits per heavy atom. The van der Waals surface area contributed by atoms with Crippen LogP contribution in [0.4, 0.5) is 16.2 Å². The number of nitrogens with zero attached hydrogens (tertiary/aromatic N) is 1. The molecule has 0 bridgehead atoms. The monoisotopic (exact) mass is 398 g/mol. The van der Waals surface area contributed by atoms with Gasteiger partial charge in [0.2, 0.25) is 0 Å². The molecule has 3 N–H and O–H groups in total. The normalized spacial score (nSPS) is 16.3. The summed E-state index contributed by atoms with van der Waals surface area (Å²) in [5.74, 6) is -0.294. The predicted octanol–water partition coefficient (Wildman–Crippen LogP) is 3.98. The highest BCUT2D eigenvalue weighted by Crippen LogP contribution is 2.30. The maximum Gasteiger partial charge on any atom is 0.319 e. The van der Waals surface area contributed by atoms with Crippen molar-refractivity contribution in [1.29, 1.82) is 0 Å². The second-order valence-corrected chi connectivity index (χ2v) is 7.33. The Kier molecular flexibility index (Phi) is 5.61. The van der Waals surface area contributed by atoms with E-state index >= 15 is 0 Å². The minimum atomic E-state index is -0.551. The lowest BCUT2D eigenvalue weighted by molar-refractivity contribution is -0.113. The zero-order valence-corrected chi connectivity index (χ0v) is 17.0. The lowest BCUT2D eigenvalue weighted by Crippen LogP contribution is -2.46. The number of allylic oxidation sites excluding steroid dienone is 1. The van der Waals surface area contributed by atoms with E-state index in [1.54, 1.807) is 25.1 Å². The second-order valence-electron chi connectivity index (χ2n) is 6.92. The Balaban J connectivity index is 1.95. The van der Waals surface area contributed by atoms with Crippen LogP contribution in [0.15, 0.2) is 53.7 Å². The molecule has 6 nitrogen and oxygen atoms in total. The summed E-state index contributed by atoms with van der Waals surface area (Å²) in [4.78, 5) is 27.1. The zero-order chi connectivity index (χ0) is 20.4. The van der Waals surface area contributed by atoms with Gasteiger partial charge in [0, 0.05) is 36.2 Å². The Hall–Kier alpha value is -2.99. The van der Waals surface area contributed by atoms with Gasteiger partial charge in [-0.25, -0.2) is 4.79 Å². The van der Waals surface area contributed by atoms with Crippen LogP contribution in [0.3, 0.4) is 0 Å². The average molecular weight is 399 g/mol. The molecule has 2 aromatic carbocycles. The first kappa shape index (κ1) is 19.8. The first-order valence-electron chi connectivity index (χ1n) is 8.90. The van der Waals surface area contributed by atoms with E-state index in [2.05, 4.69) is 16.0 Å². The van der Waals surface area contributed by atoms with Crippen LogP contribution in [0.5, 0.6) is 0 Å². The third kappa shape index (κ3) is 3.97. The van der Waals surface area contributed by atoms with Gasteiger partial charge in [-0.15, -0.1) is 0 Å². The summed E-state index contributed by atoms with van der Waals surface area (Å²) in [5.41, 5.74) is 4.25. The van der Waals surface area contributed by atoms with E-state index in [1.165, 1.54) is 0 Å². The van der Waals surface area contributed by atoms with Crippen molar-refractivity contribution in [3.63, 3.8) is 0 Å².